The third-order valence-electron chi connectivity index (χ3n) is 8.90. The molecule has 0 saturated carbocycles. The Labute approximate surface area is 312 Å². The lowest BCUT2D eigenvalue weighted by Gasteiger charge is -2.28. The first-order valence-electron chi connectivity index (χ1n) is 17.3. The fourth-order valence-electron chi connectivity index (χ4n) is 5.75. The van der Waals surface area contributed by atoms with Crippen molar-refractivity contribution in [1.82, 2.24) is 30.7 Å². The number of nitrogens with zero attached hydrogens (tertiary/aromatic N) is 2. The van der Waals surface area contributed by atoms with E-state index in [4.69, 9.17) is 21.1 Å². The largest absolute Gasteiger partial charge is 0.493 e. The van der Waals surface area contributed by atoms with E-state index < -0.39 is 47.6 Å². The van der Waals surface area contributed by atoms with Gasteiger partial charge in [0.2, 0.25) is 17.7 Å². The number of ether oxygens (including phenoxy) is 2. The number of aryl methyl sites for hydroxylation is 1. The number of aliphatic hydroxyl groups excluding tert-OH is 1. The van der Waals surface area contributed by atoms with Gasteiger partial charge in [-0.15, -0.1) is 0 Å². The summed E-state index contributed by atoms with van der Waals surface area (Å²) in [6.45, 7) is 5.03. The zero-order chi connectivity index (χ0) is 38.8. The fraction of sp³-hybridized carbons (Fsp3) is 0.432. The monoisotopic (exact) mass is 756 g/mol. The number of carbonyl (C=O) groups excluding carboxylic acids is 5. The van der Waals surface area contributed by atoms with Crippen LogP contribution in [0.3, 0.4) is 0 Å². The molecule has 0 radical (unpaired) electrons. The average molecular weight is 757 g/mol. The van der Waals surface area contributed by atoms with Crippen LogP contribution in [0.25, 0.3) is 0 Å². The molecule has 16 heteroatoms. The Bertz CT molecular complexity index is 1820. The number of nitrogens with one attached hydrogen (secondary N) is 4. The molecular formula is C37H46ClFN6O8. The number of aliphatic hydroxyl groups is 1. The van der Waals surface area contributed by atoms with Crippen molar-refractivity contribution in [2.75, 3.05) is 26.7 Å². The number of hydrogen-bond acceptors (Lipinski definition) is 8. The van der Waals surface area contributed by atoms with E-state index >= 15 is 0 Å². The van der Waals surface area contributed by atoms with Crippen molar-refractivity contribution in [3.05, 3.63) is 76.3 Å². The van der Waals surface area contributed by atoms with Gasteiger partial charge in [0, 0.05) is 57.5 Å². The van der Waals surface area contributed by atoms with Crippen LogP contribution in [-0.4, -0.2) is 89.0 Å². The van der Waals surface area contributed by atoms with Crippen molar-refractivity contribution in [3.8, 4) is 17.2 Å². The Balaban J connectivity index is 1.67. The zero-order valence-electron chi connectivity index (χ0n) is 30.3. The molecule has 0 unspecified atom stereocenters. The van der Waals surface area contributed by atoms with Crippen LogP contribution in [-0.2, 0) is 28.0 Å². The van der Waals surface area contributed by atoms with Crippen LogP contribution >= 0.6 is 11.6 Å². The summed E-state index contributed by atoms with van der Waals surface area (Å²) < 4.78 is 27.8. The quantitative estimate of drug-likeness (QED) is 0.263. The summed E-state index contributed by atoms with van der Waals surface area (Å²) in [6.07, 6.45) is 0.835. The van der Waals surface area contributed by atoms with Crippen LogP contribution in [0.1, 0.15) is 66.4 Å². The first-order chi connectivity index (χ1) is 25.2. The van der Waals surface area contributed by atoms with Crippen LogP contribution in [0.2, 0.25) is 5.02 Å². The average Bonchev–Trinajstić information content (AvgIpc) is 3.46. The Morgan fingerprint density at radius 2 is 1.79 bits per heavy atom. The second kappa shape index (κ2) is 18.6. The number of carbonyl (C=O) groups is 5. The lowest BCUT2D eigenvalue weighted by atomic mass is 9.97. The molecule has 0 spiro atoms. The van der Waals surface area contributed by atoms with Gasteiger partial charge in [-0.05, 0) is 61.2 Å². The molecule has 2 heterocycles. The molecule has 0 saturated heterocycles. The third kappa shape index (κ3) is 10.9. The molecule has 1 aliphatic heterocycles. The van der Waals surface area contributed by atoms with Gasteiger partial charge in [0.1, 0.15) is 29.3 Å². The Morgan fingerprint density at radius 1 is 1.04 bits per heavy atom. The summed E-state index contributed by atoms with van der Waals surface area (Å²) in [6, 6.07) is 7.43. The van der Waals surface area contributed by atoms with Crippen molar-refractivity contribution in [2.24, 2.45) is 13.0 Å². The number of rotatable bonds is 5. The summed E-state index contributed by atoms with van der Waals surface area (Å²) >= 11 is 6.14. The number of fused-ring (bicyclic) bond motifs is 4. The van der Waals surface area contributed by atoms with Crippen LogP contribution in [0.4, 0.5) is 4.39 Å². The minimum Gasteiger partial charge on any atom is -0.493 e. The predicted octanol–water partition coefficient (Wildman–Crippen LogP) is 3.30. The van der Waals surface area contributed by atoms with E-state index in [0.717, 1.165) is 6.07 Å². The molecule has 0 fully saturated rings. The van der Waals surface area contributed by atoms with Gasteiger partial charge >= 0.3 is 0 Å². The maximum Gasteiger partial charge on any atom is 0.270 e. The Kier molecular flexibility index (Phi) is 14.2. The van der Waals surface area contributed by atoms with Gasteiger partial charge in [0.15, 0.2) is 11.5 Å². The van der Waals surface area contributed by atoms with Crippen molar-refractivity contribution in [3.63, 3.8) is 0 Å². The van der Waals surface area contributed by atoms with E-state index in [1.165, 1.54) is 55.3 Å². The number of amides is 5. The summed E-state index contributed by atoms with van der Waals surface area (Å²) in [5.41, 5.74) is 0.839. The van der Waals surface area contributed by atoms with Crippen molar-refractivity contribution in [2.45, 2.75) is 64.8 Å². The SMILES string of the molecule is CC[C@H](C)[C@@H]1NC(=O)[C@H]([C@@H](C)O)NC(=O)CCCN(C(=O)c2cc(Cl)cn2C)CCNC(=O)c2ccc(OC)c(c2)Oc2cc(F)cc(c2)CNC1=O. The highest BCUT2D eigenvalue weighted by atomic mass is 35.5. The molecular weight excluding hydrogens is 711 g/mol. The summed E-state index contributed by atoms with van der Waals surface area (Å²) in [7, 11) is 3.08. The van der Waals surface area contributed by atoms with E-state index in [2.05, 4.69) is 21.3 Å². The van der Waals surface area contributed by atoms with Crippen molar-refractivity contribution < 1.29 is 42.9 Å². The highest BCUT2D eigenvalue weighted by Crippen LogP contribution is 2.33. The van der Waals surface area contributed by atoms with Gasteiger partial charge in [-0.3, -0.25) is 24.0 Å². The topological polar surface area (TPSA) is 180 Å². The van der Waals surface area contributed by atoms with Gasteiger partial charge in [-0.25, -0.2) is 4.39 Å². The first-order valence-corrected chi connectivity index (χ1v) is 17.7. The standard InChI is InChI=1S/C37H46ClFN6O8/c1-6-21(2)32-35(49)41-19-23-14-26(39)18-27(15-23)53-30-16-24(9-10-29(30)52-5)34(48)40-11-13-45(37(51)28-17-25(38)20-44(28)4)12-7-8-31(47)42-33(22(3)46)36(50)43-32/h9-10,14-18,20-22,32-33,46H,6-8,11-13,19H2,1-5H3,(H,40,48)(H,41,49)(H,42,47)(H,43,50)/t21-,22+,32-,33-/m0/s1. The first kappa shape index (κ1) is 40.6. The lowest BCUT2D eigenvalue weighted by Crippen LogP contribution is -2.58. The fourth-order valence-corrected chi connectivity index (χ4v) is 6.00. The minimum absolute atomic E-state index is 0.0394. The summed E-state index contributed by atoms with van der Waals surface area (Å²) in [5, 5.41) is 21.5. The third-order valence-corrected chi connectivity index (χ3v) is 9.11. The van der Waals surface area contributed by atoms with Crippen LogP contribution in [0.15, 0.2) is 48.7 Å². The van der Waals surface area contributed by atoms with Crippen molar-refractivity contribution >= 4 is 41.1 Å². The number of aromatic nitrogens is 1. The maximum atomic E-state index is 14.8. The normalized spacial score (nSPS) is 19.4. The van der Waals surface area contributed by atoms with E-state index in [1.54, 1.807) is 24.7 Å². The van der Waals surface area contributed by atoms with E-state index in [-0.39, 0.29) is 73.7 Å². The molecule has 4 rings (SSSR count). The highest BCUT2D eigenvalue weighted by molar-refractivity contribution is 6.31. The van der Waals surface area contributed by atoms with E-state index in [9.17, 15) is 33.5 Å². The van der Waals surface area contributed by atoms with E-state index in [1.807, 2.05) is 6.92 Å². The molecule has 1 aliphatic rings. The van der Waals surface area contributed by atoms with Crippen LogP contribution < -0.4 is 30.7 Å². The molecule has 0 aliphatic carbocycles. The number of hydrogen-bond donors (Lipinski definition) is 5. The molecule has 5 amide bonds. The molecule has 1 aromatic heterocycles. The van der Waals surface area contributed by atoms with Gasteiger partial charge in [-0.2, -0.15) is 0 Å². The number of halogens is 2. The molecule has 4 bridgehead atoms. The molecule has 14 nitrogen and oxygen atoms in total. The number of methoxy groups -OCH3 is 1. The van der Waals surface area contributed by atoms with Crippen molar-refractivity contribution in [1.29, 1.82) is 0 Å². The van der Waals surface area contributed by atoms with Crippen LogP contribution in [0, 0.1) is 11.7 Å². The summed E-state index contributed by atoms with van der Waals surface area (Å²) in [4.78, 5) is 68.2. The van der Waals surface area contributed by atoms with E-state index in [0.29, 0.717) is 22.7 Å². The molecule has 286 valence electrons. The predicted molar refractivity (Wildman–Crippen MR) is 194 cm³/mol. The second-order valence-electron chi connectivity index (χ2n) is 12.9. The second-order valence-corrected chi connectivity index (χ2v) is 13.4. The van der Waals surface area contributed by atoms with Gasteiger partial charge in [0.25, 0.3) is 11.8 Å². The van der Waals surface area contributed by atoms with Gasteiger partial charge in [0.05, 0.1) is 18.2 Å². The lowest BCUT2D eigenvalue weighted by molar-refractivity contribution is -0.135. The molecule has 5 N–H and O–H groups in total. The Hall–Kier alpha value is -5.15. The van der Waals surface area contributed by atoms with Gasteiger partial charge in [-0.1, -0.05) is 31.9 Å². The van der Waals surface area contributed by atoms with Gasteiger partial charge < -0.3 is 45.3 Å². The van der Waals surface area contributed by atoms with Crippen LogP contribution in [0.5, 0.6) is 17.2 Å². The minimum atomic E-state index is -1.39. The summed E-state index contributed by atoms with van der Waals surface area (Å²) in [5.74, 6) is -3.31. The molecule has 3 aromatic rings. The smallest absolute Gasteiger partial charge is 0.270 e. The highest BCUT2D eigenvalue weighted by Gasteiger charge is 2.32. The Morgan fingerprint density at radius 3 is 2.45 bits per heavy atom. The maximum absolute atomic E-state index is 14.8. The molecule has 53 heavy (non-hydrogen) atoms. The number of benzene rings is 2. The molecule has 2 aromatic carbocycles. The molecule has 4 atom stereocenters. The zero-order valence-corrected chi connectivity index (χ0v) is 31.1.